The van der Waals surface area contributed by atoms with E-state index in [1.54, 1.807) is 7.11 Å². The van der Waals surface area contributed by atoms with E-state index >= 15 is 0 Å². The summed E-state index contributed by atoms with van der Waals surface area (Å²) in [4.78, 5) is 2.16. The van der Waals surface area contributed by atoms with Crippen molar-refractivity contribution in [2.45, 2.75) is 19.9 Å². The SMILES string of the molecule is COCCN(CN)C(C)C. The van der Waals surface area contributed by atoms with Crippen molar-refractivity contribution in [2.24, 2.45) is 5.73 Å². The van der Waals surface area contributed by atoms with E-state index in [0.29, 0.717) is 12.7 Å². The molecule has 10 heavy (non-hydrogen) atoms. The number of nitrogens with two attached hydrogens (primary N) is 1. The van der Waals surface area contributed by atoms with Crippen LogP contribution >= 0.6 is 0 Å². The number of hydrogen-bond acceptors (Lipinski definition) is 3. The van der Waals surface area contributed by atoms with Gasteiger partial charge in [0.1, 0.15) is 0 Å². The molecule has 0 unspecified atom stereocenters. The highest BCUT2D eigenvalue weighted by Gasteiger charge is 2.04. The smallest absolute Gasteiger partial charge is 0.0590 e. The van der Waals surface area contributed by atoms with Crippen molar-refractivity contribution in [3.8, 4) is 0 Å². The molecule has 0 fully saturated rings. The summed E-state index contributed by atoms with van der Waals surface area (Å²) in [7, 11) is 1.70. The first kappa shape index (κ1) is 9.88. The Morgan fingerprint density at radius 3 is 2.40 bits per heavy atom. The van der Waals surface area contributed by atoms with Crippen molar-refractivity contribution in [3.63, 3.8) is 0 Å². The molecule has 3 nitrogen and oxygen atoms in total. The maximum absolute atomic E-state index is 5.48. The second kappa shape index (κ2) is 5.65. The largest absolute Gasteiger partial charge is 0.383 e. The van der Waals surface area contributed by atoms with Crippen LogP contribution in [0.15, 0.2) is 0 Å². The number of hydrogen-bond donors (Lipinski definition) is 1. The molecule has 0 radical (unpaired) electrons. The van der Waals surface area contributed by atoms with Gasteiger partial charge in [0, 0.05) is 26.4 Å². The lowest BCUT2D eigenvalue weighted by atomic mass is 10.3. The molecule has 62 valence electrons. The Bertz CT molecular complexity index is 76.0. The summed E-state index contributed by atoms with van der Waals surface area (Å²) in [5.41, 5.74) is 5.48. The minimum Gasteiger partial charge on any atom is -0.383 e. The summed E-state index contributed by atoms with van der Waals surface area (Å²) in [6, 6.07) is 0.514. The van der Waals surface area contributed by atoms with E-state index in [-0.39, 0.29) is 0 Å². The molecule has 2 N–H and O–H groups in total. The summed E-state index contributed by atoms with van der Waals surface area (Å²) in [5, 5.41) is 0. The van der Waals surface area contributed by atoms with Crippen LogP contribution in [0.2, 0.25) is 0 Å². The van der Waals surface area contributed by atoms with Crippen molar-refractivity contribution < 1.29 is 4.74 Å². The van der Waals surface area contributed by atoms with Crippen LogP contribution in [0.25, 0.3) is 0 Å². The summed E-state index contributed by atoms with van der Waals surface area (Å²) in [5.74, 6) is 0. The van der Waals surface area contributed by atoms with Crippen molar-refractivity contribution in [2.75, 3.05) is 26.9 Å². The fourth-order valence-corrected chi connectivity index (χ4v) is 0.769. The fraction of sp³-hybridized carbons (Fsp3) is 1.00. The van der Waals surface area contributed by atoms with Gasteiger partial charge >= 0.3 is 0 Å². The molecule has 0 spiro atoms. The molecule has 0 aliphatic carbocycles. The monoisotopic (exact) mass is 146 g/mol. The van der Waals surface area contributed by atoms with E-state index < -0.39 is 0 Å². The zero-order valence-electron chi connectivity index (χ0n) is 7.13. The van der Waals surface area contributed by atoms with Crippen LogP contribution in [-0.2, 0) is 4.74 Å². The van der Waals surface area contributed by atoms with E-state index in [1.165, 1.54) is 0 Å². The van der Waals surface area contributed by atoms with Crippen molar-refractivity contribution in [1.82, 2.24) is 4.90 Å². The molecule has 0 aromatic rings. The fourth-order valence-electron chi connectivity index (χ4n) is 0.769. The minimum atomic E-state index is 0.514. The second-order valence-corrected chi connectivity index (χ2v) is 2.58. The average molecular weight is 146 g/mol. The molecular weight excluding hydrogens is 128 g/mol. The maximum atomic E-state index is 5.48. The molecule has 0 rings (SSSR count). The van der Waals surface area contributed by atoms with E-state index in [4.69, 9.17) is 10.5 Å². The van der Waals surface area contributed by atoms with Crippen molar-refractivity contribution >= 4 is 0 Å². The lowest BCUT2D eigenvalue weighted by Crippen LogP contribution is -2.38. The molecule has 0 heterocycles. The lowest BCUT2D eigenvalue weighted by Gasteiger charge is -2.23. The first-order valence-electron chi connectivity index (χ1n) is 3.65. The maximum Gasteiger partial charge on any atom is 0.0590 e. The van der Waals surface area contributed by atoms with Gasteiger partial charge in [0.05, 0.1) is 6.61 Å². The molecule has 0 aromatic carbocycles. The normalized spacial score (nSPS) is 11.4. The Morgan fingerprint density at radius 2 is 2.10 bits per heavy atom. The quantitative estimate of drug-likeness (QED) is 0.565. The number of rotatable bonds is 5. The van der Waals surface area contributed by atoms with Crippen LogP contribution in [0.1, 0.15) is 13.8 Å². The highest BCUT2D eigenvalue weighted by Crippen LogP contribution is 1.93. The van der Waals surface area contributed by atoms with E-state index in [2.05, 4.69) is 18.7 Å². The van der Waals surface area contributed by atoms with Gasteiger partial charge in [-0.2, -0.15) is 0 Å². The first-order valence-corrected chi connectivity index (χ1v) is 3.65. The van der Waals surface area contributed by atoms with Gasteiger partial charge in [0.2, 0.25) is 0 Å². The highest BCUT2D eigenvalue weighted by molar-refractivity contribution is 4.58. The lowest BCUT2D eigenvalue weighted by molar-refractivity contribution is 0.131. The molecule has 0 bridgehead atoms. The van der Waals surface area contributed by atoms with Crippen LogP contribution in [0.3, 0.4) is 0 Å². The average Bonchev–Trinajstić information content (AvgIpc) is 1.89. The van der Waals surface area contributed by atoms with Crippen LogP contribution in [0.4, 0.5) is 0 Å². The molecule has 0 atom stereocenters. The van der Waals surface area contributed by atoms with Crippen LogP contribution in [0.5, 0.6) is 0 Å². The first-order chi connectivity index (χ1) is 4.72. The second-order valence-electron chi connectivity index (χ2n) is 2.58. The van der Waals surface area contributed by atoms with Gasteiger partial charge in [-0.1, -0.05) is 0 Å². The predicted octanol–water partition coefficient (Wildman–Crippen LogP) is 0.259. The topological polar surface area (TPSA) is 38.5 Å². The molecule has 0 saturated heterocycles. The van der Waals surface area contributed by atoms with Crippen LogP contribution in [0, 0.1) is 0 Å². The molecule has 3 heteroatoms. The molecular formula is C7H18N2O. The van der Waals surface area contributed by atoms with Gasteiger partial charge in [-0.05, 0) is 13.8 Å². The Kier molecular flexibility index (Phi) is 5.58. The summed E-state index contributed by atoms with van der Waals surface area (Å²) < 4.78 is 4.93. The van der Waals surface area contributed by atoms with E-state index in [1.807, 2.05) is 0 Å². The van der Waals surface area contributed by atoms with Gasteiger partial charge in [-0.25, -0.2) is 0 Å². The Morgan fingerprint density at radius 1 is 1.50 bits per heavy atom. The van der Waals surface area contributed by atoms with Crippen molar-refractivity contribution in [1.29, 1.82) is 0 Å². The number of nitrogens with zero attached hydrogens (tertiary/aromatic N) is 1. The molecule has 0 saturated carbocycles. The van der Waals surface area contributed by atoms with E-state index in [0.717, 1.165) is 13.2 Å². The number of methoxy groups -OCH3 is 1. The van der Waals surface area contributed by atoms with Crippen molar-refractivity contribution in [3.05, 3.63) is 0 Å². The summed E-state index contributed by atoms with van der Waals surface area (Å²) in [6.45, 7) is 6.55. The highest BCUT2D eigenvalue weighted by atomic mass is 16.5. The number of ether oxygens (including phenoxy) is 1. The third-order valence-electron chi connectivity index (χ3n) is 1.55. The Labute approximate surface area is 63.1 Å². The molecule has 0 amide bonds. The van der Waals surface area contributed by atoms with Crippen LogP contribution in [-0.4, -0.2) is 37.9 Å². The zero-order valence-corrected chi connectivity index (χ0v) is 7.13. The van der Waals surface area contributed by atoms with Gasteiger partial charge < -0.3 is 10.5 Å². The van der Waals surface area contributed by atoms with Crippen LogP contribution < -0.4 is 5.73 Å². The van der Waals surface area contributed by atoms with Gasteiger partial charge in [-0.15, -0.1) is 0 Å². The van der Waals surface area contributed by atoms with Gasteiger partial charge in [0.25, 0.3) is 0 Å². The predicted molar refractivity (Wildman–Crippen MR) is 42.8 cm³/mol. The molecule has 0 aliphatic heterocycles. The third kappa shape index (κ3) is 3.82. The zero-order chi connectivity index (χ0) is 7.98. The summed E-state index contributed by atoms with van der Waals surface area (Å²) in [6.07, 6.45) is 0. The Hall–Kier alpha value is -0.120. The molecule has 0 aromatic heterocycles. The third-order valence-corrected chi connectivity index (χ3v) is 1.55. The van der Waals surface area contributed by atoms with E-state index in [9.17, 15) is 0 Å². The standard InChI is InChI=1S/C7H18N2O/c1-7(2)9(6-8)4-5-10-3/h7H,4-6,8H2,1-3H3. The Balaban J connectivity index is 3.40. The van der Waals surface area contributed by atoms with Gasteiger partial charge in [0.15, 0.2) is 0 Å². The summed E-state index contributed by atoms with van der Waals surface area (Å²) >= 11 is 0. The minimum absolute atomic E-state index is 0.514. The van der Waals surface area contributed by atoms with Gasteiger partial charge in [-0.3, -0.25) is 4.90 Å². The molecule has 0 aliphatic rings.